The Balaban J connectivity index is 2.47. The topological polar surface area (TPSA) is 45.6 Å². The highest BCUT2D eigenvalue weighted by atomic mass is 35.5. The Morgan fingerprint density at radius 2 is 2.00 bits per heavy atom. The maximum atomic E-state index is 6.30. The van der Waals surface area contributed by atoms with E-state index in [2.05, 4.69) is 35.5 Å². The lowest BCUT2D eigenvalue weighted by molar-refractivity contribution is 0.145. The van der Waals surface area contributed by atoms with Gasteiger partial charge in [-0.2, -0.15) is 0 Å². The van der Waals surface area contributed by atoms with E-state index in [9.17, 15) is 0 Å². The summed E-state index contributed by atoms with van der Waals surface area (Å²) in [5.74, 6) is 0.802. The summed E-state index contributed by atoms with van der Waals surface area (Å²) < 4.78 is 5.32. The van der Waals surface area contributed by atoms with E-state index in [1.165, 1.54) is 0 Å². The summed E-state index contributed by atoms with van der Waals surface area (Å²) in [6.07, 6.45) is 0.961. The number of hydrogen-bond acceptors (Lipinski definition) is 2. The van der Waals surface area contributed by atoms with Gasteiger partial charge in [0.25, 0.3) is 0 Å². The van der Waals surface area contributed by atoms with E-state index in [0.717, 1.165) is 49.3 Å². The highest BCUT2D eigenvalue weighted by molar-refractivity contribution is 6.31. The third-order valence-electron chi connectivity index (χ3n) is 3.49. The Labute approximate surface area is 139 Å². The molecule has 5 heteroatoms. The molecule has 0 aliphatic heterocycles. The minimum atomic E-state index is -0.0821. The fourth-order valence-corrected chi connectivity index (χ4v) is 2.55. The van der Waals surface area contributed by atoms with E-state index in [1.807, 2.05) is 25.1 Å². The predicted octanol–water partition coefficient (Wildman–Crippen LogP) is 3.21. The summed E-state index contributed by atoms with van der Waals surface area (Å²) >= 11 is 6.30. The molecule has 124 valence electrons. The van der Waals surface area contributed by atoms with E-state index in [0.29, 0.717) is 0 Å². The molecule has 0 atom stereocenters. The molecule has 0 amide bonds. The van der Waals surface area contributed by atoms with Crippen LogP contribution in [0.5, 0.6) is 0 Å². The van der Waals surface area contributed by atoms with Crippen molar-refractivity contribution in [3.63, 3.8) is 0 Å². The minimum absolute atomic E-state index is 0.0821. The zero-order valence-electron chi connectivity index (χ0n) is 14.1. The van der Waals surface area contributed by atoms with Gasteiger partial charge < -0.3 is 15.4 Å². The highest BCUT2D eigenvalue weighted by Gasteiger charge is 2.23. The predicted molar refractivity (Wildman–Crippen MR) is 95.0 cm³/mol. The number of ether oxygens (including phenoxy) is 1. The lowest BCUT2D eigenvalue weighted by atomic mass is 9.84. The van der Waals surface area contributed by atoms with Crippen LogP contribution >= 0.6 is 11.6 Å². The Bertz CT molecular complexity index is 475. The third-order valence-corrected chi connectivity index (χ3v) is 3.82. The zero-order chi connectivity index (χ0) is 16.4. The van der Waals surface area contributed by atoms with Crippen LogP contribution in [-0.2, 0) is 10.2 Å². The third kappa shape index (κ3) is 6.24. The van der Waals surface area contributed by atoms with Gasteiger partial charge in [0.1, 0.15) is 0 Å². The van der Waals surface area contributed by atoms with Gasteiger partial charge in [0.2, 0.25) is 0 Å². The molecule has 0 spiro atoms. The summed E-state index contributed by atoms with van der Waals surface area (Å²) in [5.41, 5.74) is 1.05. The van der Waals surface area contributed by atoms with Crippen LogP contribution in [-0.4, -0.2) is 39.3 Å². The smallest absolute Gasteiger partial charge is 0.191 e. The number of nitrogens with zero attached hydrogens (tertiary/aromatic N) is 1. The van der Waals surface area contributed by atoms with Crippen molar-refractivity contribution in [2.75, 3.05) is 33.4 Å². The molecule has 0 aliphatic rings. The first-order valence-electron chi connectivity index (χ1n) is 7.78. The second-order valence-electron chi connectivity index (χ2n) is 5.77. The number of hydrogen-bond donors (Lipinski definition) is 2. The van der Waals surface area contributed by atoms with Gasteiger partial charge in [0.15, 0.2) is 5.96 Å². The largest absolute Gasteiger partial charge is 0.382 e. The van der Waals surface area contributed by atoms with Crippen molar-refractivity contribution in [3.05, 3.63) is 34.9 Å². The van der Waals surface area contributed by atoms with Crippen LogP contribution in [0.25, 0.3) is 0 Å². The fourth-order valence-electron chi connectivity index (χ4n) is 2.16. The molecule has 0 fully saturated rings. The van der Waals surface area contributed by atoms with Crippen molar-refractivity contribution in [1.82, 2.24) is 10.6 Å². The molecule has 2 N–H and O–H groups in total. The van der Waals surface area contributed by atoms with E-state index in [1.54, 1.807) is 7.05 Å². The average molecular weight is 326 g/mol. The standard InChI is InChI=1S/C17H28ClN3O/c1-5-22-12-8-11-20-16(19-4)21-13-17(2,3)14-9-6-7-10-15(14)18/h6-7,9-10H,5,8,11-13H2,1-4H3,(H2,19,20,21). The number of benzene rings is 1. The molecular formula is C17H28ClN3O. The Hall–Kier alpha value is -1.26. The number of rotatable bonds is 8. The average Bonchev–Trinajstić information content (AvgIpc) is 2.50. The van der Waals surface area contributed by atoms with Crippen LogP contribution in [0.2, 0.25) is 5.02 Å². The molecule has 0 heterocycles. The van der Waals surface area contributed by atoms with Gasteiger partial charge in [0, 0.05) is 43.8 Å². The second kappa shape index (κ2) is 9.70. The lowest BCUT2D eigenvalue weighted by Crippen LogP contribution is -2.43. The van der Waals surface area contributed by atoms with Gasteiger partial charge >= 0.3 is 0 Å². The van der Waals surface area contributed by atoms with Gasteiger partial charge in [0.05, 0.1) is 0 Å². The first-order valence-corrected chi connectivity index (χ1v) is 8.16. The summed E-state index contributed by atoms with van der Waals surface area (Å²) in [6, 6.07) is 7.97. The van der Waals surface area contributed by atoms with Gasteiger partial charge in [-0.15, -0.1) is 0 Å². The summed E-state index contributed by atoms with van der Waals surface area (Å²) in [4.78, 5) is 4.25. The van der Waals surface area contributed by atoms with Crippen molar-refractivity contribution in [1.29, 1.82) is 0 Å². The SMILES string of the molecule is CCOCCCNC(=NC)NCC(C)(C)c1ccccc1Cl. The molecular weight excluding hydrogens is 298 g/mol. The number of nitrogens with one attached hydrogen (secondary N) is 2. The van der Waals surface area contributed by atoms with Crippen molar-refractivity contribution < 1.29 is 4.74 Å². The quantitative estimate of drug-likeness (QED) is 0.438. The van der Waals surface area contributed by atoms with Crippen LogP contribution in [0.15, 0.2) is 29.3 Å². The van der Waals surface area contributed by atoms with E-state index >= 15 is 0 Å². The summed E-state index contributed by atoms with van der Waals surface area (Å²) in [7, 11) is 1.78. The molecule has 0 bridgehead atoms. The summed E-state index contributed by atoms with van der Waals surface area (Å²) in [5, 5.41) is 7.46. The van der Waals surface area contributed by atoms with E-state index in [4.69, 9.17) is 16.3 Å². The Morgan fingerprint density at radius 1 is 1.27 bits per heavy atom. The fraction of sp³-hybridized carbons (Fsp3) is 0.588. The molecule has 0 radical (unpaired) electrons. The molecule has 0 saturated carbocycles. The first kappa shape index (κ1) is 18.8. The number of halogens is 1. The molecule has 1 rings (SSSR count). The maximum Gasteiger partial charge on any atom is 0.191 e. The van der Waals surface area contributed by atoms with Crippen LogP contribution < -0.4 is 10.6 Å². The van der Waals surface area contributed by atoms with Crippen LogP contribution in [0.1, 0.15) is 32.8 Å². The van der Waals surface area contributed by atoms with Crippen LogP contribution in [0, 0.1) is 0 Å². The van der Waals surface area contributed by atoms with Gasteiger partial charge in [-0.25, -0.2) is 0 Å². The second-order valence-corrected chi connectivity index (χ2v) is 6.17. The number of guanidine groups is 1. The lowest BCUT2D eigenvalue weighted by Gasteiger charge is -2.27. The van der Waals surface area contributed by atoms with E-state index in [-0.39, 0.29) is 5.41 Å². The molecule has 0 aliphatic carbocycles. The normalized spacial score (nSPS) is 12.3. The molecule has 0 saturated heterocycles. The molecule has 22 heavy (non-hydrogen) atoms. The molecule has 0 unspecified atom stereocenters. The first-order chi connectivity index (χ1) is 10.5. The zero-order valence-corrected chi connectivity index (χ0v) is 14.8. The monoisotopic (exact) mass is 325 g/mol. The van der Waals surface area contributed by atoms with E-state index < -0.39 is 0 Å². The van der Waals surface area contributed by atoms with Crippen molar-refractivity contribution in [3.8, 4) is 0 Å². The molecule has 1 aromatic rings. The Morgan fingerprint density at radius 3 is 2.64 bits per heavy atom. The molecule has 0 aromatic heterocycles. The number of aliphatic imine (C=N–C) groups is 1. The van der Waals surface area contributed by atoms with Crippen molar-refractivity contribution in [2.45, 2.75) is 32.6 Å². The van der Waals surface area contributed by atoms with Gasteiger partial charge in [-0.3, -0.25) is 4.99 Å². The van der Waals surface area contributed by atoms with Crippen LogP contribution in [0.4, 0.5) is 0 Å². The van der Waals surface area contributed by atoms with Crippen molar-refractivity contribution in [2.24, 2.45) is 4.99 Å². The molecule has 4 nitrogen and oxygen atoms in total. The minimum Gasteiger partial charge on any atom is -0.382 e. The molecule has 1 aromatic carbocycles. The Kier molecular flexibility index (Phi) is 8.28. The maximum absolute atomic E-state index is 6.30. The highest BCUT2D eigenvalue weighted by Crippen LogP contribution is 2.28. The van der Waals surface area contributed by atoms with Crippen molar-refractivity contribution >= 4 is 17.6 Å². The summed E-state index contributed by atoms with van der Waals surface area (Å²) in [6.45, 7) is 9.47. The van der Waals surface area contributed by atoms with Gasteiger partial charge in [-0.05, 0) is 25.0 Å². The van der Waals surface area contributed by atoms with Gasteiger partial charge in [-0.1, -0.05) is 43.6 Å². The van der Waals surface area contributed by atoms with Crippen LogP contribution in [0.3, 0.4) is 0 Å².